The van der Waals surface area contributed by atoms with E-state index in [-0.39, 0.29) is 22.7 Å². The highest BCUT2D eigenvalue weighted by molar-refractivity contribution is 6.02. The fraction of sp³-hybridized carbons (Fsp3) is 0.304. The number of Topliss-reactive ketones (excluding diaryl/α,β-unsaturated/α-hetero) is 1. The Morgan fingerprint density at radius 1 is 1.21 bits per heavy atom. The summed E-state index contributed by atoms with van der Waals surface area (Å²) >= 11 is 0. The Morgan fingerprint density at radius 2 is 1.96 bits per heavy atom. The third kappa shape index (κ3) is 2.73. The molecule has 0 spiro atoms. The van der Waals surface area contributed by atoms with E-state index in [1.165, 1.54) is 0 Å². The molecule has 0 aromatic heterocycles. The van der Waals surface area contributed by atoms with E-state index < -0.39 is 5.92 Å². The normalized spacial score (nSPS) is 21.2. The largest absolute Gasteiger partial charge is 0.496 e. The van der Waals surface area contributed by atoms with E-state index in [0.29, 0.717) is 29.9 Å². The topological polar surface area (TPSA) is 85.3 Å². The van der Waals surface area contributed by atoms with Crippen molar-refractivity contribution >= 4 is 16.6 Å². The van der Waals surface area contributed by atoms with E-state index >= 15 is 0 Å². The van der Waals surface area contributed by atoms with E-state index in [2.05, 4.69) is 6.07 Å². The van der Waals surface area contributed by atoms with E-state index in [4.69, 9.17) is 15.2 Å². The van der Waals surface area contributed by atoms with Crippen molar-refractivity contribution in [2.45, 2.75) is 32.6 Å². The number of methoxy groups -OCH3 is 1. The van der Waals surface area contributed by atoms with Gasteiger partial charge in [-0.05, 0) is 22.3 Å². The molecule has 28 heavy (non-hydrogen) atoms. The smallest absolute Gasteiger partial charge is 0.205 e. The van der Waals surface area contributed by atoms with E-state index in [0.717, 1.165) is 16.3 Å². The Balaban J connectivity index is 2.05. The molecule has 2 N–H and O–H groups in total. The van der Waals surface area contributed by atoms with Crippen LogP contribution >= 0.6 is 0 Å². The second kappa shape index (κ2) is 6.42. The van der Waals surface area contributed by atoms with Crippen LogP contribution in [0.25, 0.3) is 10.8 Å². The highest BCUT2D eigenvalue weighted by Gasteiger charge is 2.44. The van der Waals surface area contributed by atoms with Gasteiger partial charge >= 0.3 is 0 Å². The molecule has 1 aliphatic heterocycles. The van der Waals surface area contributed by atoms with Crippen molar-refractivity contribution in [2.75, 3.05) is 7.11 Å². The fourth-order valence-electron chi connectivity index (χ4n) is 4.32. The summed E-state index contributed by atoms with van der Waals surface area (Å²) in [6, 6.07) is 13.9. The zero-order chi connectivity index (χ0) is 20.1. The first-order valence-electron chi connectivity index (χ1n) is 9.26. The molecule has 1 atom stereocenters. The minimum absolute atomic E-state index is 0.00788. The van der Waals surface area contributed by atoms with Crippen LogP contribution in [0, 0.1) is 16.7 Å². The Hall–Kier alpha value is -3.26. The van der Waals surface area contributed by atoms with Gasteiger partial charge in [0.2, 0.25) is 5.88 Å². The number of hydrogen-bond acceptors (Lipinski definition) is 5. The third-order valence-corrected chi connectivity index (χ3v) is 5.51. The van der Waals surface area contributed by atoms with Gasteiger partial charge in [-0.3, -0.25) is 4.79 Å². The van der Waals surface area contributed by atoms with Gasteiger partial charge in [-0.1, -0.05) is 44.2 Å². The number of ether oxygens (including phenoxy) is 2. The molecule has 0 unspecified atom stereocenters. The number of nitrogens with zero attached hydrogens (tertiary/aromatic N) is 1. The average Bonchev–Trinajstić information content (AvgIpc) is 2.65. The van der Waals surface area contributed by atoms with Crippen molar-refractivity contribution < 1.29 is 14.3 Å². The molecular weight excluding hydrogens is 352 g/mol. The Morgan fingerprint density at radius 3 is 2.68 bits per heavy atom. The van der Waals surface area contributed by atoms with Gasteiger partial charge in [0.05, 0.1) is 13.0 Å². The summed E-state index contributed by atoms with van der Waals surface area (Å²) in [4.78, 5) is 13.2. The monoisotopic (exact) mass is 374 g/mol. The number of benzene rings is 2. The van der Waals surface area contributed by atoms with Crippen LogP contribution in [0.2, 0.25) is 0 Å². The lowest BCUT2D eigenvalue weighted by molar-refractivity contribution is -0.119. The molecular formula is C23H22N2O3. The number of rotatable bonds is 2. The summed E-state index contributed by atoms with van der Waals surface area (Å²) in [7, 11) is 1.59. The van der Waals surface area contributed by atoms with Gasteiger partial charge in [0.15, 0.2) is 5.78 Å². The van der Waals surface area contributed by atoms with Crippen molar-refractivity contribution in [3.05, 3.63) is 64.8 Å². The van der Waals surface area contributed by atoms with Crippen molar-refractivity contribution in [1.29, 1.82) is 5.26 Å². The van der Waals surface area contributed by atoms with Crippen LogP contribution in [0.5, 0.6) is 5.75 Å². The maximum Gasteiger partial charge on any atom is 0.205 e. The molecule has 0 amide bonds. The molecule has 2 aliphatic rings. The summed E-state index contributed by atoms with van der Waals surface area (Å²) < 4.78 is 11.4. The Labute approximate surface area is 164 Å². The van der Waals surface area contributed by atoms with Crippen LogP contribution in [0.15, 0.2) is 59.2 Å². The van der Waals surface area contributed by atoms with E-state index in [9.17, 15) is 10.1 Å². The lowest BCUT2D eigenvalue weighted by Gasteiger charge is -2.37. The lowest BCUT2D eigenvalue weighted by Crippen LogP contribution is -2.33. The first-order valence-corrected chi connectivity index (χ1v) is 9.26. The zero-order valence-corrected chi connectivity index (χ0v) is 16.2. The predicted octanol–water partition coefficient (Wildman–Crippen LogP) is 4.30. The molecule has 142 valence electrons. The van der Waals surface area contributed by atoms with Crippen molar-refractivity contribution in [3.8, 4) is 11.8 Å². The van der Waals surface area contributed by atoms with Crippen LogP contribution in [-0.2, 0) is 9.53 Å². The maximum absolute atomic E-state index is 13.2. The highest BCUT2D eigenvalue weighted by Crippen LogP contribution is 2.50. The number of nitrogens with two attached hydrogens (primary N) is 1. The number of carbonyl (C=O) groups excluding carboxylic acids is 1. The molecule has 1 heterocycles. The van der Waals surface area contributed by atoms with Gasteiger partial charge in [0.25, 0.3) is 0 Å². The quantitative estimate of drug-likeness (QED) is 0.847. The molecule has 2 aromatic rings. The van der Waals surface area contributed by atoms with E-state index in [1.807, 2.05) is 50.2 Å². The van der Waals surface area contributed by atoms with Crippen molar-refractivity contribution in [2.24, 2.45) is 11.1 Å². The molecule has 2 aromatic carbocycles. The van der Waals surface area contributed by atoms with Crippen molar-refractivity contribution in [3.63, 3.8) is 0 Å². The number of ketones is 1. The van der Waals surface area contributed by atoms with Gasteiger partial charge in [-0.15, -0.1) is 0 Å². The highest BCUT2D eigenvalue weighted by atomic mass is 16.5. The summed E-state index contributed by atoms with van der Waals surface area (Å²) in [6.45, 7) is 4.07. The average molecular weight is 374 g/mol. The minimum atomic E-state index is -0.599. The van der Waals surface area contributed by atoms with Crippen molar-refractivity contribution in [1.82, 2.24) is 0 Å². The van der Waals surface area contributed by atoms with Crippen LogP contribution in [-0.4, -0.2) is 12.9 Å². The zero-order valence-electron chi connectivity index (χ0n) is 16.2. The van der Waals surface area contributed by atoms with Crippen LogP contribution in [0.3, 0.4) is 0 Å². The van der Waals surface area contributed by atoms with Gasteiger partial charge in [-0.25, -0.2) is 0 Å². The van der Waals surface area contributed by atoms with Crippen LogP contribution < -0.4 is 10.5 Å². The van der Waals surface area contributed by atoms with Crippen LogP contribution in [0.4, 0.5) is 0 Å². The Kier molecular flexibility index (Phi) is 4.15. The first kappa shape index (κ1) is 18.1. The van der Waals surface area contributed by atoms with Gasteiger partial charge in [0.1, 0.15) is 23.2 Å². The lowest BCUT2D eigenvalue weighted by atomic mass is 9.69. The number of hydrogen-bond donors (Lipinski definition) is 1. The number of allylic oxidation sites excluding steroid dienone is 3. The van der Waals surface area contributed by atoms with Gasteiger partial charge in [0, 0.05) is 24.0 Å². The number of nitriles is 1. The molecule has 5 nitrogen and oxygen atoms in total. The maximum atomic E-state index is 13.2. The predicted molar refractivity (Wildman–Crippen MR) is 106 cm³/mol. The molecule has 4 rings (SSSR count). The van der Waals surface area contributed by atoms with Gasteiger partial charge < -0.3 is 15.2 Å². The molecule has 5 heteroatoms. The standard InChI is InChI=1S/C23H22N2O3/c1-23(2)10-16(26)21-18(11-23)28-22(25)15(12-24)20(21)19-14-7-5-4-6-13(14)8-9-17(19)27-3/h4-9,20H,10-11,25H2,1-3H3/t20-/m0/s1. The molecule has 0 radical (unpaired) electrons. The summed E-state index contributed by atoms with van der Waals surface area (Å²) in [5, 5.41) is 11.8. The second-order valence-corrected chi connectivity index (χ2v) is 8.11. The minimum Gasteiger partial charge on any atom is -0.496 e. The second-order valence-electron chi connectivity index (χ2n) is 8.11. The first-order chi connectivity index (χ1) is 13.4. The summed E-state index contributed by atoms with van der Waals surface area (Å²) in [6.07, 6.45) is 0.994. The molecule has 0 fully saturated rings. The molecule has 0 saturated carbocycles. The molecule has 0 bridgehead atoms. The molecule has 0 saturated heterocycles. The third-order valence-electron chi connectivity index (χ3n) is 5.51. The van der Waals surface area contributed by atoms with E-state index in [1.54, 1.807) is 7.11 Å². The number of fused-ring (bicyclic) bond motifs is 1. The summed E-state index contributed by atoms with van der Waals surface area (Å²) in [5.41, 5.74) is 7.49. The molecule has 1 aliphatic carbocycles. The fourth-order valence-corrected chi connectivity index (χ4v) is 4.32. The van der Waals surface area contributed by atoms with Crippen LogP contribution in [0.1, 0.15) is 38.2 Å². The van der Waals surface area contributed by atoms with Gasteiger partial charge in [-0.2, -0.15) is 5.26 Å². The summed E-state index contributed by atoms with van der Waals surface area (Å²) in [5.74, 6) is 0.644. The SMILES string of the molecule is COc1ccc2ccccc2c1[C@@H]1C(C#N)=C(N)OC2=C1C(=O)CC(C)(C)C2. The number of carbonyl (C=O) groups is 1. The Bertz CT molecular complexity index is 1100.